The minimum absolute atomic E-state index is 0.0234. The highest BCUT2D eigenvalue weighted by atomic mass is 32.1. The van der Waals surface area contributed by atoms with Gasteiger partial charge < -0.3 is 4.74 Å². The second-order valence-electron chi connectivity index (χ2n) is 8.66. The lowest BCUT2D eigenvalue weighted by Gasteiger charge is -2.33. The lowest BCUT2D eigenvalue weighted by Crippen LogP contribution is -2.25. The predicted molar refractivity (Wildman–Crippen MR) is 116 cm³/mol. The van der Waals surface area contributed by atoms with Crippen LogP contribution in [-0.2, 0) is 10.2 Å². The summed E-state index contributed by atoms with van der Waals surface area (Å²) in [4.78, 5) is 22.6. The summed E-state index contributed by atoms with van der Waals surface area (Å²) in [6.45, 7) is 11.0. The van der Waals surface area contributed by atoms with Gasteiger partial charge in [0.25, 0.3) is 5.91 Å². The third-order valence-electron chi connectivity index (χ3n) is 4.15. The number of ether oxygens (including phenoxy) is 1. The summed E-state index contributed by atoms with van der Waals surface area (Å²) < 4.78 is 5.50. The Hall–Kier alpha value is -2.74. The van der Waals surface area contributed by atoms with Crippen molar-refractivity contribution in [3.8, 4) is 5.75 Å². The van der Waals surface area contributed by atoms with Crippen molar-refractivity contribution in [3.63, 3.8) is 0 Å². The summed E-state index contributed by atoms with van der Waals surface area (Å²) in [7, 11) is 0. The first-order chi connectivity index (χ1) is 13.5. The van der Waals surface area contributed by atoms with Crippen molar-refractivity contribution in [3.05, 3.63) is 57.0 Å². The van der Waals surface area contributed by atoms with Gasteiger partial charge in [-0.1, -0.05) is 58.1 Å². The summed E-state index contributed by atoms with van der Waals surface area (Å²) in [6, 6.07) is 10.7. The van der Waals surface area contributed by atoms with Crippen LogP contribution in [0.1, 0.15) is 51.5 Å². The summed E-state index contributed by atoms with van der Waals surface area (Å²) in [6.07, 6.45) is 2.41. The van der Waals surface area contributed by atoms with E-state index in [1.165, 1.54) is 17.8 Å². The van der Waals surface area contributed by atoms with Crippen molar-refractivity contribution in [1.82, 2.24) is 5.43 Å². The first-order valence-electron chi connectivity index (χ1n) is 9.26. The number of thiophene rings is 1. The number of nitrogens with zero attached hydrogens (tertiary/aromatic N) is 2. The molecule has 0 spiro atoms. The summed E-state index contributed by atoms with van der Waals surface area (Å²) in [5.74, 6) is 0.192. The molecule has 0 fully saturated rings. The molecule has 1 aromatic heterocycles. The number of hydrogen-bond donors (Lipinski definition) is 1. The predicted octanol–water partition coefficient (Wildman–Crippen LogP) is 4.90. The van der Waals surface area contributed by atoms with Crippen LogP contribution in [0.2, 0.25) is 0 Å². The number of benzene rings is 1. The van der Waals surface area contributed by atoms with Gasteiger partial charge in [-0.2, -0.15) is 5.10 Å². The number of nitrogens with one attached hydrogen (secondary N) is 1. The molecule has 29 heavy (non-hydrogen) atoms. The fourth-order valence-corrected chi connectivity index (χ4v) is 3.98. The molecular weight excluding hydrogens is 390 g/mol. The zero-order chi connectivity index (χ0) is 21.7. The molecule has 1 heterocycles. The van der Waals surface area contributed by atoms with Gasteiger partial charge in [0.05, 0.1) is 16.0 Å². The molecule has 0 saturated heterocycles. The second kappa shape index (κ2) is 9.17. The van der Waals surface area contributed by atoms with E-state index >= 15 is 0 Å². The second-order valence-corrected chi connectivity index (χ2v) is 9.75. The van der Waals surface area contributed by atoms with Gasteiger partial charge in [0, 0.05) is 6.07 Å². The Kier molecular flexibility index (Phi) is 7.13. The molecule has 156 valence electrons. The molecule has 1 amide bonds. The third-order valence-corrected chi connectivity index (χ3v) is 5.12. The van der Waals surface area contributed by atoms with Crippen LogP contribution in [0.25, 0.3) is 0 Å². The van der Waals surface area contributed by atoms with Crippen molar-refractivity contribution in [2.75, 3.05) is 6.61 Å². The van der Waals surface area contributed by atoms with E-state index in [0.29, 0.717) is 10.6 Å². The third kappa shape index (κ3) is 7.30. The number of amides is 1. The van der Waals surface area contributed by atoms with Gasteiger partial charge >= 0.3 is 5.00 Å². The number of hydrogen-bond acceptors (Lipinski definition) is 6. The molecule has 0 aliphatic carbocycles. The highest BCUT2D eigenvalue weighted by Gasteiger charge is 2.27. The van der Waals surface area contributed by atoms with Gasteiger partial charge in [-0.15, -0.1) is 0 Å². The van der Waals surface area contributed by atoms with Crippen molar-refractivity contribution < 1.29 is 14.5 Å². The standard InChI is InChI=1S/C21H27N3O4S/c1-20(2,3)14-21(4,5)15-6-8-16(9-7-15)28-13-18(25)23-22-12-17-10-11-19(29-17)24(26)27/h6-12H,13-14H2,1-5H3,(H,23,25)/b22-12+. The molecule has 0 radical (unpaired) electrons. The van der Waals surface area contributed by atoms with Crippen molar-refractivity contribution in [2.24, 2.45) is 10.5 Å². The van der Waals surface area contributed by atoms with E-state index in [1.54, 1.807) is 6.07 Å². The van der Waals surface area contributed by atoms with E-state index in [2.05, 4.69) is 45.1 Å². The number of carbonyl (C=O) groups excluding carboxylic acids is 1. The first-order valence-corrected chi connectivity index (χ1v) is 10.1. The zero-order valence-corrected chi connectivity index (χ0v) is 18.2. The van der Waals surface area contributed by atoms with E-state index in [1.807, 2.05) is 24.3 Å². The Balaban J connectivity index is 1.84. The van der Waals surface area contributed by atoms with Crippen LogP contribution in [0.4, 0.5) is 5.00 Å². The molecule has 2 rings (SSSR count). The van der Waals surface area contributed by atoms with Crippen LogP contribution in [0.3, 0.4) is 0 Å². The Morgan fingerprint density at radius 1 is 1.17 bits per heavy atom. The Labute approximate surface area is 174 Å². The molecule has 0 unspecified atom stereocenters. The van der Waals surface area contributed by atoms with E-state index in [4.69, 9.17) is 4.74 Å². The summed E-state index contributed by atoms with van der Waals surface area (Å²) in [5, 5.41) is 14.5. The monoisotopic (exact) mass is 417 g/mol. The summed E-state index contributed by atoms with van der Waals surface area (Å²) >= 11 is 0.978. The van der Waals surface area contributed by atoms with E-state index in [0.717, 1.165) is 17.8 Å². The molecule has 1 aromatic carbocycles. The first kappa shape index (κ1) is 22.5. The fraction of sp³-hybridized carbons (Fsp3) is 0.429. The smallest absolute Gasteiger partial charge is 0.324 e. The molecule has 0 bridgehead atoms. The topological polar surface area (TPSA) is 93.8 Å². The summed E-state index contributed by atoms with van der Waals surface area (Å²) in [5.41, 5.74) is 3.83. The van der Waals surface area contributed by atoms with Gasteiger partial charge in [0.1, 0.15) is 5.75 Å². The van der Waals surface area contributed by atoms with E-state index < -0.39 is 10.8 Å². The normalized spacial score (nSPS) is 12.2. The number of carbonyl (C=O) groups is 1. The number of hydrazone groups is 1. The molecule has 0 saturated carbocycles. The molecule has 0 aliphatic rings. The van der Waals surface area contributed by atoms with Crippen molar-refractivity contribution >= 4 is 28.5 Å². The maximum atomic E-state index is 11.8. The molecule has 7 nitrogen and oxygen atoms in total. The van der Waals surface area contributed by atoms with Crippen LogP contribution < -0.4 is 10.2 Å². The van der Waals surface area contributed by atoms with Gasteiger partial charge in [-0.25, -0.2) is 5.43 Å². The average molecular weight is 418 g/mol. The number of nitro groups is 1. The van der Waals surface area contributed by atoms with E-state index in [-0.39, 0.29) is 22.4 Å². The van der Waals surface area contributed by atoms with Gasteiger partial charge in [0.15, 0.2) is 6.61 Å². The zero-order valence-electron chi connectivity index (χ0n) is 17.4. The fourth-order valence-electron chi connectivity index (χ4n) is 3.29. The molecule has 1 N–H and O–H groups in total. The molecule has 8 heteroatoms. The molecule has 0 aliphatic heterocycles. The van der Waals surface area contributed by atoms with Crippen molar-refractivity contribution in [2.45, 2.75) is 46.5 Å². The Morgan fingerprint density at radius 2 is 1.83 bits per heavy atom. The maximum Gasteiger partial charge on any atom is 0.324 e. The van der Waals surface area contributed by atoms with Crippen LogP contribution in [-0.4, -0.2) is 23.7 Å². The van der Waals surface area contributed by atoms with Crippen LogP contribution >= 0.6 is 11.3 Å². The van der Waals surface area contributed by atoms with Crippen LogP contribution in [0, 0.1) is 15.5 Å². The largest absolute Gasteiger partial charge is 0.484 e. The average Bonchev–Trinajstić information content (AvgIpc) is 3.07. The van der Waals surface area contributed by atoms with Gasteiger partial charge in [-0.05, 0) is 41.0 Å². The Morgan fingerprint density at radius 3 is 2.38 bits per heavy atom. The lowest BCUT2D eigenvalue weighted by molar-refractivity contribution is -0.380. The highest BCUT2D eigenvalue weighted by Crippen LogP contribution is 2.36. The van der Waals surface area contributed by atoms with E-state index in [9.17, 15) is 14.9 Å². The Bertz CT molecular complexity index is 880. The minimum atomic E-state index is -0.468. The maximum absolute atomic E-state index is 11.8. The van der Waals surface area contributed by atoms with Crippen LogP contribution in [0.15, 0.2) is 41.5 Å². The van der Waals surface area contributed by atoms with Gasteiger partial charge in [-0.3, -0.25) is 14.9 Å². The van der Waals surface area contributed by atoms with Crippen LogP contribution in [0.5, 0.6) is 5.75 Å². The SMILES string of the molecule is CC(C)(C)CC(C)(C)c1ccc(OCC(=O)N/N=C/c2ccc([N+](=O)[O-])s2)cc1. The minimum Gasteiger partial charge on any atom is -0.484 e. The van der Waals surface area contributed by atoms with Gasteiger partial charge in [0.2, 0.25) is 0 Å². The van der Waals surface area contributed by atoms with Crippen molar-refractivity contribution in [1.29, 1.82) is 0 Å². The molecule has 0 atom stereocenters. The lowest BCUT2D eigenvalue weighted by atomic mass is 9.72. The molecule has 2 aromatic rings. The highest BCUT2D eigenvalue weighted by molar-refractivity contribution is 7.16. The molecular formula is C21H27N3O4S. The quantitative estimate of drug-likeness (QED) is 0.375. The number of rotatable bonds is 8.